The Bertz CT molecular complexity index is 728. The van der Waals surface area contributed by atoms with Crippen LogP contribution in [0.5, 0.6) is 0 Å². The summed E-state index contributed by atoms with van der Waals surface area (Å²) in [4.78, 5) is 27.0. The van der Waals surface area contributed by atoms with E-state index in [0.29, 0.717) is 17.9 Å². The number of hydrogen-bond donors (Lipinski definition) is 2. The number of amides is 1. The van der Waals surface area contributed by atoms with Gasteiger partial charge in [0.25, 0.3) is 5.91 Å². The zero-order valence-corrected chi connectivity index (χ0v) is 13.6. The van der Waals surface area contributed by atoms with Gasteiger partial charge in [-0.3, -0.25) is 9.36 Å². The fraction of sp³-hybridized carbons (Fsp3) is 0.562. The van der Waals surface area contributed by atoms with E-state index in [1.54, 1.807) is 37.1 Å². The first-order valence-electron chi connectivity index (χ1n) is 8.09. The van der Waals surface area contributed by atoms with Crippen LogP contribution in [0.4, 0.5) is 0 Å². The normalized spacial score (nSPS) is 21.3. The van der Waals surface area contributed by atoms with Gasteiger partial charge in [0.05, 0.1) is 5.56 Å². The van der Waals surface area contributed by atoms with E-state index >= 15 is 0 Å². The van der Waals surface area contributed by atoms with E-state index in [1.807, 2.05) is 0 Å². The Morgan fingerprint density at radius 2 is 2.17 bits per heavy atom. The fourth-order valence-electron chi connectivity index (χ4n) is 3.38. The molecular formula is C16H23N5O2. The number of nitrogens with zero attached hydrogens (tertiary/aromatic N) is 3. The molecule has 3 rings (SSSR count). The summed E-state index contributed by atoms with van der Waals surface area (Å²) in [6.07, 6.45) is 8.46. The van der Waals surface area contributed by atoms with E-state index in [9.17, 15) is 9.59 Å². The number of hydrogen-bond acceptors (Lipinski definition) is 3. The quantitative estimate of drug-likeness (QED) is 0.881. The number of H-pyrrole nitrogens is 1. The highest BCUT2D eigenvalue weighted by atomic mass is 16.2. The monoisotopic (exact) mass is 317 g/mol. The van der Waals surface area contributed by atoms with Crippen molar-refractivity contribution in [2.45, 2.75) is 38.1 Å². The maximum atomic E-state index is 12.3. The average Bonchev–Trinajstić information content (AvgIpc) is 3.15. The molecule has 0 unspecified atom stereocenters. The lowest BCUT2D eigenvalue weighted by molar-refractivity contribution is 0.0905. The standard InChI is InChI=1S/C16H23N5O2/c1-20-14(19-21(2)16(20)23)9-11-5-3-4-6-13(11)18-15(22)12-7-8-17-10-12/h7-8,10-11,13,17H,3-6,9H2,1-2H3,(H,18,22)/t11-,13-/m1/s1. The van der Waals surface area contributed by atoms with Gasteiger partial charge < -0.3 is 10.3 Å². The summed E-state index contributed by atoms with van der Waals surface area (Å²) in [5.74, 6) is 1.05. The highest BCUT2D eigenvalue weighted by Crippen LogP contribution is 2.27. The summed E-state index contributed by atoms with van der Waals surface area (Å²) in [5, 5.41) is 7.47. The van der Waals surface area contributed by atoms with Crippen LogP contribution in [0.25, 0.3) is 0 Å². The highest BCUT2D eigenvalue weighted by Gasteiger charge is 2.28. The van der Waals surface area contributed by atoms with E-state index in [4.69, 9.17) is 0 Å². The molecule has 0 bridgehead atoms. The van der Waals surface area contributed by atoms with E-state index in [1.165, 1.54) is 4.68 Å². The maximum absolute atomic E-state index is 12.3. The van der Waals surface area contributed by atoms with E-state index in [2.05, 4.69) is 15.4 Å². The molecule has 7 nitrogen and oxygen atoms in total. The molecule has 2 atom stereocenters. The molecule has 0 spiro atoms. The molecule has 0 aliphatic heterocycles. The zero-order valence-electron chi connectivity index (χ0n) is 13.6. The summed E-state index contributed by atoms with van der Waals surface area (Å²) < 4.78 is 2.96. The fourth-order valence-corrected chi connectivity index (χ4v) is 3.38. The molecule has 1 amide bonds. The number of aryl methyl sites for hydroxylation is 1. The number of aromatic amines is 1. The highest BCUT2D eigenvalue weighted by molar-refractivity contribution is 5.94. The number of rotatable bonds is 4. The van der Waals surface area contributed by atoms with Crippen molar-refractivity contribution in [3.05, 3.63) is 40.3 Å². The molecular weight excluding hydrogens is 294 g/mol. The summed E-state index contributed by atoms with van der Waals surface area (Å²) in [6, 6.07) is 1.90. The summed E-state index contributed by atoms with van der Waals surface area (Å²) in [5.41, 5.74) is 0.545. The second-order valence-electron chi connectivity index (χ2n) is 6.31. The van der Waals surface area contributed by atoms with Gasteiger partial charge in [0.2, 0.25) is 0 Å². The van der Waals surface area contributed by atoms with Gasteiger partial charge in [-0.25, -0.2) is 9.48 Å². The Kier molecular flexibility index (Phi) is 4.36. The molecule has 7 heteroatoms. The Balaban J connectivity index is 1.72. The number of carbonyl (C=O) groups is 1. The minimum Gasteiger partial charge on any atom is -0.367 e. The van der Waals surface area contributed by atoms with Gasteiger partial charge in [0, 0.05) is 39.0 Å². The molecule has 2 N–H and O–H groups in total. The van der Waals surface area contributed by atoms with Gasteiger partial charge in [-0.05, 0) is 24.8 Å². The van der Waals surface area contributed by atoms with Crippen molar-refractivity contribution >= 4 is 5.91 Å². The van der Waals surface area contributed by atoms with Crippen molar-refractivity contribution in [2.24, 2.45) is 20.0 Å². The van der Waals surface area contributed by atoms with Crippen LogP contribution < -0.4 is 11.0 Å². The first-order chi connectivity index (χ1) is 11.1. The maximum Gasteiger partial charge on any atom is 0.345 e. The van der Waals surface area contributed by atoms with Crippen LogP contribution in [-0.4, -0.2) is 31.3 Å². The lowest BCUT2D eigenvalue weighted by Crippen LogP contribution is -2.43. The Hall–Kier alpha value is -2.31. The molecule has 1 saturated carbocycles. The van der Waals surface area contributed by atoms with Gasteiger partial charge in [-0.1, -0.05) is 12.8 Å². The van der Waals surface area contributed by atoms with Crippen LogP contribution in [0.3, 0.4) is 0 Å². The lowest BCUT2D eigenvalue weighted by Gasteiger charge is -2.31. The number of carbonyl (C=O) groups excluding carboxylic acids is 1. The van der Waals surface area contributed by atoms with Crippen molar-refractivity contribution in [3.63, 3.8) is 0 Å². The molecule has 0 saturated heterocycles. The van der Waals surface area contributed by atoms with Crippen LogP contribution in [0.15, 0.2) is 23.3 Å². The molecule has 1 aliphatic carbocycles. The van der Waals surface area contributed by atoms with Gasteiger partial charge >= 0.3 is 5.69 Å². The zero-order chi connectivity index (χ0) is 16.4. The predicted molar refractivity (Wildman–Crippen MR) is 86.2 cm³/mol. The molecule has 1 fully saturated rings. The minimum atomic E-state index is -0.108. The largest absolute Gasteiger partial charge is 0.367 e. The van der Waals surface area contributed by atoms with Crippen LogP contribution in [0, 0.1) is 5.92 Å². The van der Waals surface area contributed by atoms with Crippen molar-refractivity contribution in [2.75, 3.05) is 0 Å². The third kappa shape index (κ3) is 3.23. The Morgan fingerprint density at radius 3 is 2.83 bits per heavy atom. The smallest absolute Gasteiger partial charge is 0.345 e. The Morgan fingerprint density at radius 1 is 1.39 bits per heavy atom. The molecule has 0 radical (unpaired) electrons. The molecule has 0 aromatic carbocycles. The first-order valence-corrected chi connectivity index (χ1v) is 8.09. The van der Waals surface area contributed by atoms with Gasteiger partial charge in [0.15, 0.2) is 0 Å². The van der Waals surface area contributed by atoms with Crippen LogP contribution >= 0.6 is 0 Å². The van der Waals surface area contributed by atoms with Crippen molar-refractivity contribution in [3.8, 4) is 0 Å². The minimum absolute atomic E-state index is 0.0435. The van der Waals surface area contributed by atoms with E-state index in [-0.39, 0.29) is 17.6 Å². The third-order valence-electron chi connectivity index (χ3n) is 4.75. The molecule has 2 aromatic heterocycles. The van der Waals surface area contributed by atoms with Crippen molar-refractivity contribution in [1.82, 2.24) is 24.6 Å². The topological polar surface area (TPSA) is 84.7 Å². The second kappa shape index (κ2) is 6.44. The van der Waals surface area contributed by atoms with Gasteiger partial charge in [0.1, 0.15) is 5.82 Å². The molecule has 2 aromatic rings. The van der Waals surface area contributed by atoms with Gasteiger partial charge in [-0.15, -0.1) is 0 Å². The SMILES string of the molecule is Cn1nc(C[C@H]2CCCC[C@H]2NC(=O)c2cc[nH]c2)n(C)c1=O. The van der Waals surface area contributed by atoms with Crippen molar-refractivity contribution < 1.29 is 4.79 Å². The average molecular weight is 317 g/mol. The summed E-state index contributed by atoms with van der Waals surface area (Å²) in [6.45, 7) is 0. The summed E-state index contributed by atoms with van der Waals surface area (Å²) >= 11 is 0. The van der Waals surface area contributed by atoms with E-state index in [0.717, 1.165) is 31.5 Å². The van der Waals surface area contributed by atoms with Crippen LogP contribution in [0.2, 0.25) is 0 Å². The Labute approximate surface area is 134 Å². The third-order valence-corrected chi connectivity index (χ3v) is 4.75. The number of nitrogens with one attached hydrogen (secondary N) is 2. The molecule has 1 aliphatic rings. The van der Waals surface area contributed by atoms with E-state index < -0.39 is 0 Å². The molecule has 23 heavy (non-hydrogen) atoms. The first kappa shape index (κ1) is 15.6. The van der Waals surface area contributed by atoms with Gasteiger partial charge in [-0.2, -0.15) is 5.10 Å². The molecule has 2 heterocycles. The molecule has 124 valence electrons. The van der Waals surface area contributed by atoms with Crippen LogP contribution in [0.1, 0.15) is 41.9 Å². The number of aromatic nitrogens is 4. The van der Waals surface area contributed by atoms with Crippen LogP contribution in [-0.2, 0) is 20.5 Å². The summed E-state index contributed by atoms with van der Waals surface area (Å²) in [7, 11) is 3.42. The lowest BCUT2D eigenvalue weighted by atomic mass is 9.82. The van der Waals surface area contributed by atoms with Crippen molar-refractivity contribution in [1.29, 1.82) is 0 Å². The second-order valence-corrected chi connectivity index (χ2v) is 6.31. The predicted octanol–water partition coefficient (Wildman–Crippen LogP) is 0.978.